The maximum Gasteiger partial charge on any atom is 0.416 e. The highest BCUT2D eigenvalue weighted by atomic mass is 31.2. The Morgan fingerprint density at radius 2 is 1.60 bits per heavy atom. The molecule has 1 aromatic rings. The van der Waals surface area contributed by atoms with Crippen LogP contribution in [0.25, 0.3) is 0 Å². The average molecular weight is 312 g/mol. The van der Waals surface area contributed by atoms with Crippen LogP contribution >= 0.6 is 7.60 Å². The van der Waals surface area contributed by atoms with Gasteiger partial charge in [0.05, 0.1) is 18.8 Å². The molecular formula is C12H16F3O4P. The molecule has 0 saturated heterocycles. The summed E-state index contributed by atoms with van der Waals surface area (Å²) in [6.45, 7) is 3.25. The van der Waals surface area contributed by atoms with Crippen molar-refractivity contribution >= 4 is 7.60 Å². The van der Waals surface area contributed by atoms with Gasteiger partial charge in [-0.1, -0.05) is 12.1 Å². The van der Waals surface area contributed by atoms with Gasteiger partial charge in [-0.3, -0.25) is 4.57 Å². The van der Waals surface area contributed by atoms with Crippen LogP contribution in [-0.4, -0.2) is 18.3 Å². The molecule has 1 N–H and O–H groups in total. The molecule has 1 unspecified atom stereocenters. The second kappa shape index (κ2) is 6.72. The van der Waals surface area contributed by atoms with Gasteiger partial charge in [0, 0.05) is 0 Å². The van der Waals surface area contributed by atoms with Gasteiger partial charge < -0.3 is 14.2 Å². The fourth-order valence-corrected chi connectivity index (χ4v) is 3.18. The molecule has 1 aromatic carbocycles. The minimum atomic E-state index is -4.47. The third kappa shape index (κ3) is 4.06. The Bertz CT molecular complexity index is 463. The smallest absolute Gasteiger partial charge is 0.376 e. The molecule has 114 valence electrons. The first-order chi connectivity index (χ1) is 9.24. The lowest BCUT2D eigenvalue weighted by molar-refractivity contribution is -0.137. The summed E-state index contributed by atoms with van der Waals surface area (Å²) in [5, 5.41) is 10.0. The number of benzene rings is 1. The lowest BCUT2D eigenvalue weighted by atomic mass is 10.1. The molecule has 4 nitrogen and oxygen atoms in total. The van der Waals surface area contributed by atoms with Crippen LogP contribution in [0.5, 0.6) is 0 Å². The number of hydrogen-bond acceptors (Lipinski definition) is 4. The summed E-state index contributed by atoms with van der Waals surface area (Å²) in [6, 6.07) is 3.72. The van der Waals surface area contributed by atoms with Crippen molar-refractivity contribution in [2.45, 2.75) is 25.9 Å². The number of hydrogen-bond donors (Lipinski definition) is 1. The van der Waals surface area contributed by atoms with Crippen LogP contribution in [0.4, 0.5) is 13.2 Å². The normalized spacial score (nSPS) is 14.3. The molecule has 20 heavy (non-hydrogen) atoms. The Hall–Kier alpha value is -0.880. The molecule has 0 heterocycles. The number of aliphatic hydroxyl groups is 1. The predicted octanol–water partition coefficient (Wildman–Crippen LogP) is 3.96. The predicted molar refractivity (Wildman–Crippen MR) is 67.3 cm³/mol. The molecule has 0 amide bonds. The fraction of sp³-hybridized carbons (Fsp3) is 0.500. The Labute approximate surface area is 115 Å². The highest BCUT2D eigenvalue weighted by Gasteiger charge is 2.36. The third-order valence-corrected chi connectivity index (χ3v) is 4.59. The van der Waals surface area contributed by atoms with Gasteiger partial charge in [-0.2, -0.15) is 13.2 Å². The van der Waals surface area contributed by atoms with Crippen molar-refractivity contribution in [2.24, 2.45) is 0 Å². The minimum Gasteiger partial charge on any atom is -0.376 e. The summed E-state index contributed by atoms with van der Waals surface area (Å²) >= 11 is 0. The molecule has 1 rings (SSSR count). The van der Waals surface area contributed by atoms with E-state index in [2.05, 4.69) is 0 Å². The van der Waals surface area contributed by atoms with Gasteiger partial charge in [0.1, 0.15) is 0 Å². The van der Waals surface area contributed by atoms with E-state index in [4.69, 9.17) is 9.05 Å². The molecule has 0 aliphatic carbocycles. The summed E-state index contributed by atoms with van der Waals surface area (Å²) in [6.07, 6.45) is -4.47. The van der Waals surface area contributed by atoms with Crippen molar-refractivity contribution in [3.05, 3.63) is 35.4 Å². The summed E-state index contributed by atoms with van der Waals surface area (Å²) in [5.41, 5.74) is -0.806. The van der Waals surface area contributed by atoms with Gasteiger partial charge in [0.15, 0.2) is 5.85 Å². The Kier molecular flexibility index (Phi) is 5.77. The van der Waals surface area contributed by atoms with E-state index in [1.165, 1.54) is 0 Å². The van der Waals surface area contributed by atoms with E-state index in [0.717, 1.165) is 24.3 Å². The highest BCUT2D eigenvalue weighted by Crippen LogP contribution is 2.59. The molecule has 0 aromatic heterocycles. The van der Waals surface area contributed by atoms with Crippen LogP contribution in [0.2, 0.25) is 0 Å². The van der Waals surface area contributed by atoms with Crippen molar-refractivity contribution in [1.29, 1.82) is 0 Å². The zero-order valence-electron chi connectivity index (χ0n) is 11.1. The zero-order valence-corrected chi connectivity index (χ0v) is 11.9. The summed E-state index contributed by atoms with van der Waals surface area (Å²) in [5.74, 6) is -1.62. The molecule has 0 saturated carbocycles. The van der Waals surface area contributed by atoms with Crippen molar-refractivity contribution in [2.75, 3.05) is 13.2 Å². The topological polar surface area (TPSA) is 55.8 Å². The van der Waals surface area contributed by atoms with Gasteiger partial charge in [0.2, 0.25) is 0 Å². The minimum absolute atomic E-state index is 0.0447. The second-order valence-electron chi connectivity index (χ2n) is 3.87. The summed E-state index contributed by atoms with van der Waals surface area (Å²) in [7, 11) is -3.81. The largest absolute Gasteiger partial charge is 0.416 e. The van der Waals surface area contributed by atoms with E-state index < -0.39 is 25.2 Å². The van der Waals surface area contributed by atoms with Crippen molar-refractivity contribution in [1.82, 2.24) is 0 Å². The first-order valence-electron chi connectivity index (χ1n) is 5.98. The number of halogens is 3. The second-order valence-corrected chi connectivity index (χ2v) is 5.95. The van der Waals surface area contributed by atoms with Crippen molar-refractivity contribution in [3.63, 3.8) is 0 Å². The van der Waals surface area contributed by atoms with E-state index in [-0.39, 0.29) is 18.8 Å². The third-order valence-electron chi connectivity index (χ3n) is 2.45. The molecule has 8 heteroatoms. The van der Waals surface area contributed by atoms with Gasteiger partial charge in [-0.25, -0.2) is 0 Å². The molecule has 0 fully saturated rings. The average Bonchev–Trinajstić information content (AvgIpc) is 2.37. The number of alkyl halides is 3. The Balaban J connectivity index is 3.01. The van der Waals surface area contributed by atoms with Crippen LogP contribution in [-0.2, 0) is 19.8 Å². The van der Waals surface area contributed by atoms with E-state index in [9.17, 15) is 22.8 Å². The standard InChI is InChI=1S/C12H16F3O4P/c1-3-18-20(17,19-4-2)11(16)9-5-7-10(8-6-9)12(13,14)15/h5-8,11,16H,3-4H2,1-2H3. The highest BCUT2D eigenvalue weighted by molar-refractivity contribution is 7.54. The molecule has 0 bridgehead atoms. The van der Waals surface area contributed by atoms with Gasteiger partial charge in [0.25, 0.3) is 0 Å². The Morgan fingerprint density at radius 3 is 1.95 bits per heavy atom. The summed E-state index contributed by atoms with van der Waals surface area (Å²) < 4.78 is 59.5. The molecule has 0 aliphatic heterocycles. The van der Waals surface area contributed by atoms with Crippen molar-refractivity contribution < 1.29 is 31.9 Å². The van der Waals surface area contributed by atoms with Gasteiger partial charge >= 0.3 is 13.8 Å². The Morgan fingerprint density at radius 1 is 1.15 bits per heavy atom. The maximum atomic E-state index is 12.4. The number of rotatable bonds is 6. The maximum absolute atomic E-state index is 12.4. The van der Waals surface area contributed by atoms with Crippen LogP contribution in [0.15, 0.2) is 24.3 Å². The lowest BCUT2D eigenvalue weighted by Crippen LogP contribution is -2.08. The SMILES string of the molecule is CCOP(=O)(OCC)C(O)c1ccc(C(F)(F)F)cc1. The van der Waals surface area contributed by atoms with Crippen molar-refractivity contribution in [3.8, 4) is 0 Å². The van der Waals surface area contributed by atoms with Crippen LogP contribution in [0.3, 0.4) is 0 Å². The quantitative estimate of drug-likeness (QED) is 0.808. The van der Waals surface area contributed by atoms with E-state index >= 15 is 0 Å². The van der Waals surface area contributed by atoms with Crippen LogP contribution in [0, 0.1) is 0 Å². The van der Waals surface area contributed by atoms with E-state index in [1.54, 1.807) is 13.8 Å². The van der Waals surface area contributed by atoms with E-state index in [0.29, 0.717) is 0 Å². The zero-order chi connectivity index (χ0) is 15.4. The van der Waals surface area contributed by atoms with Gasteiger partial charge in [-0.05, 0) is 31.5 Å². The molecule has 0 spiro atoms. The van der Waals surface area contributed by atoms with E-state index in [1.807, 2.05) is 0 Å². The number of aliphatic hydroxyl groups excluding tert-OH is 1. The monoisotopic (exact) mass is 312 g/mol. The van der Waals surface area contributed by atoms with Crippen LogP contribution < -0.4 is 0 Å². The molecular weight excluding hydrogens is 296 g/mol. The molecule has 0 radical (unpaired) electrons. The van der Waals surface area contributed by atoms with Crippen LogP contribution in [0.1, 0.15) is 30.8 Å². The lowest BCUT2D eigenvalue weighted by Gasteiger charge is -2.22. The first-order valence-corrected chi connectivity index (χ1v) is 7.59. The molecule has 1 atom stereocenters. The molecule has 0 aliphatic rings. The van der Waals surface area contributed by atoms with Gasteiger partial charge in [-0.15, -0.1) is 0 Å². The first kappa shape index (κ1) is 17.2. The fourth-order valence-electron chi connectivity index (χ4n) is 1.57. The summed E-state index contributed by atoms with van der Waals surface area (Å²) in [4.78, 5) is 0.